The minimum atomic E-state index is -3.50. The molecule has 1 heterocycles. The van der Waals surface area contributed by atoms with E-state index >= 15 is 0 Å². The highest BCUT2D eigenvalue weighted by molar-refractivity contribution is 7.89. The number of benzene rings is 2. The van der Waals surface area contributed by atoms with Gasteiger partial charge in [0.2, 0.25) is 10.0 Å². The van der Waals surface area contributed by atoms with Gasteiger partial charge in [-0.25, -0.2) is 8.42 Å². The maximum atomic E-state index is 13.2. The van der Waals surface area contributed by atoms with Crippen molar-refractivity contribution in [3.8, 4) is 0 Å². The maximum absolute atomic E-state index is 13.2. The molecular weight excluding hydrogens is 318 g/mol. The van der Waals surface area contributed by atoms with E-state index in [1.165, 1.54) is 5.56 Å². The third-order valence-electron chi connectivity index (χ3n) is 5.06. The predicted octanol–water partition coefficient (Wildman–Crippen LogP) is 4.33. The van der Waals surface area contributed by atoms with Gasteiger partial charge in [-0.05, 0) is 43.0 Å². The summed E-state index contributed by atoms with van der Waals surface area (Å²) in [6, 6.07) is 15.3. The summed E-state index contributed by atoms with van der Waals surface area (Å²) in [5, 5.41) is 0. The minimum absolute atomic E-state index is 0.0637. The largest absolute Gasteiger partial charge is 0.243 e. The van der Waals surface area contributed by atoms with E-state index in [9.17, 15) is 8.42 Å². The second kappa shape index (κ2) is 6.34. The number of hydrogen-bond acceptors (Lipinski definition) is 2. The van der Waals surface area contributed by atoms with Crippen molar-refractivity contribution >= 4 is 10.0 Å². The van der Waals surface area contributed by atoms with Crippen molar-refractivity contribution < 1.29 is 8.42 Å². The number of sulfonamides is 1. The summed E-state index contributed by atoms with van der Waals surface area (Å²) in [6.07, 6.45) is 0. The Labute approximate surface area is 145 Å². The van der Waals surface area contributed by atoms with E-state index in [2.05, 4.69) is 19.9 Å². The van der Waals surface area contributed by atoms with E-state index in [0.717, 1.165) is 11.1 Å². The van der Waals surface area contributed by atoms with E-state index in [1.54, 1.807) is 16.4 Å². The monoisotopic (exact) mass is 343 g/mol. The van der Waals surface area contributed by atoms with Gasteiger partial charge in [-0.2, -0.15) is 4.31 Å². The van der Waals surface area contributed by atoms with E-state index in [1.807, 2.05) is 44.2 Å². The summed E-state index contributed by atoms with van der Waals surface area (Å²) in [7, 11) is -3.50. The first-order chi connectivity index (χ1) is 11.3. The van der Waals surface area contributed by atoms with Gasteiger partial charge in [-0.15, -0.1) is 0 Å². The molecule has 3 nitrogen and oxygen atoms in total. The fraction of sp³-hybridized carbons (Fsp3) is 0.400. The molecule has 0 saturated heterocycles. The highest BCUT2D eigenvalue weighted by Gasteiger charge is 2.40. The zero-order valence-electron chi connectivity index (χ0n) is 14.7. The molecule has 2 aromatic rings. The molecule has 1 aliphatic rings. The average molecular weight is 343 g/mol. The third kappa shape index (κ3) is 2.89. The van der Waals surface area contributed by atoms with Gasteiger partial charge in [-0.3, -0.25) is 0 Å². The fourth-order valence-corrected chi connectivity index (χ4v) is 5.45. The summed E-state index contributed by atoms with van der Waals surface area (Å²) in [4.78, 5) is 0.377. The molecule has 24 heavy (non-hydrogen) atoms. The molecule has 0 spiro atoms. The van der Waals surface area contributed by atoms with Crippen molar-refractivity contribution in [2.24, 2.45) is 5.92 Å². The molecule has 0 saturated carbocycles. The smallest absolute Gasteiger partial charge is 0.207 e. The van der Waals surface area contributed by atoms with E-state index in [0.29, 0.717) is 17.4 Å². The molecular formula is C20H25NO2S. The molecule has 2 atom stereocenters. The molecule has 0 bridgehead atoms. The molecule has 0 amide bonds. The van der Waals surface area contributed by atoms with Crippen LogP contribution in [0.1, 0.15) is 43.4 Å². The zero-order chi connectivity index (χ0) is 17.5. The van der Waals surface area contributed by atoms with Crippen molar-refractivity contribution in [3.63, 3.8) is 0 Å². The predicted molar refractivity (Wildman–Crippen MR) is 97.4 cm³/mol. The lowest BCUT2D eigenvalue weighted by molar-refractivity contribution is 0.234. The lowest BCUT2D eigenvalue weighted by atomic mass is 9.78. The lowest BCUT2D eigenvalue weighted by Gasteiger charge is -2.41. The fourth-order valence-electron chi connectivity index (χ4n) is 3.82. The van der Waals surface area contributed by atoms with Crippen molar-refractivity contribution in [1.82, 2.24) is 4.31 Å². The van der Waals surface area contributed by atoms with Crippen LogP contribution in [-0.4, -0.2) is 18.8 Å². The van der Waals surface area contributed by atoms with Gasteiger partial charge in [0, 0.05) is 18.5 Å². The van der Waals surface area contributed by atoms with Gasteiger partial charge in [0.05, 0.1) is 4.90 Å². The zero-order valence-corrected chi connectivity index (χ0v) is 15.5. The van der Waals surface area contributed by atoms with Crippen LogP contribution in [0.3, 0.4) is 0 Å². The summed E-state index contributed by atoms with van der Waals surface area (Å²) in [5.74, 6) is 0.576. The molecule has 0 N–H and O–H groups in total. The second-order valence-corrected chi connectivity index (χ2v) is 8.96. The van der Waals surface area contributed by atoms with Gasteiger partial charge in [0.1, 0.15) is 0 Å². The molecule has 0 radical (unpaired) electrons. The van der Waals surface area contributed by atoms with Crippen molar-refractivity contribution in [1.29, 1.82) is 0 Å². The van der Waals surface area contributed by atoms with Gasteiger partial charge in [0.15, 0.2) is 0 Å². The molecule has 0 fully saturated rings. The van der Waals surface area contributed by atoms with E-state index in [4.69, 9.17) is 0 Å². The van der Waals surface area contributed by atoms with Gasteiger partial charge in [0.25, 0.3) is 0 Å². The van der Waals surface area contributed by atoms with E-state index < -0.39 is 10.0 Å². The SMILES string of the molecule is Cc1ccc(S(=O)(=O)N2Cc3ccccc3[C@@H](C(C)C)[C@@H]2C)cc1. The van der Waals surface area contributed by atoms with Crippen LogP contribution in [0.4, 0.5) is 0 Å². The van der Waals surface area contributed by atoms with Crippen molar-refractivity contribution in [3.05, 3.63) is 65.2 Å². The first kappa shape index (κ1) is 17.2. The summed E-state index contributed by atoms with van der Waals surface area (Å²) in [5.41, 5.74) is 3.46. The third-order valence-corrected chi connectivity index (χ3v) is 7.01. The number of rotatable bonds is 3. The van der Waals surface area contributed by atoms with Gasteiger partial charge >= 0.3 is 0 Å². The molecule has 4 heteroatoms. The first-order valence-corrected chi connectivity index (χ1v) is 9.92. The van der Waals surface area contributed by atoms with Crippen LogP contribution in [0.15, 0.2) is 53.4 Å². The Morgan fingerprint density at radius 1 is 1.04 bits per heavy atom. The van der Waals surface area contributed by atoms with Crippen molar-refractivity contribution in [2.45, 2.75) is 51.1 Å². The van der Waals surface area contributed by atoms with Crippen LogP contribution in [0.5, 0.6) is 0 Å². The minimum Gasteiger partial charge on any atom is -0.207 e. The molecule has 3 rings (SSSR count). The topological polar surface area (TPSA) is 37.4 Å². The maximum Gasteiger partial charge on any atom is 0.243 e. The van der Waals surface area contributed by atoms with Crippen LogP contribution >= 0.6 is 0 Å². The van der Waals surface area contributed by atoms with Gasteiger partial charge in [-0.1, -0.05) is 55.8 Å². The normalized spacial score (nSPS) is 21.7. The Bertz CT molecular complexity index is 825. The average Bonchev–Trinajstić information content (AvgIpc) is 2.54. The van der Waals surface area contributed by atoms with E-state index in [-0.39, 0.29) is 12.0 Å². The summed E-state index contributed by atoms with van der Waals surface area (Å²) in [6.45, 7) is 8.77. The molecule has 1 aliphatic heterocycles. The number of fused-ring (bicyclic) bond motifs is 1. The quantitative estimate of drug-likeness (QED) is 0.832. The second-order valence-electron chi connectivity index (χ2n) is 7.07. The summed E-state index contributed by atoms with van der Waals surface area (Å²) < 4.78 is 28.1. The Morgan fingerprint density at radius 2 is 1.67 bits per heavy atom. The highest BCUT2D eigenvalue weighted by Crippen LogP contribution is 2.40. The molecule has 0 aliphatic carbocycles. The summed E-state index contributed by atoms with van der Waals surface area (Å²) >= 11 is 0. The Morgan fingerprint density at radius 3 is 2.29 bits per heavy atom. The molecule has 128 valence electrons. The first-order valence-electron chi connectivity index (χ1n) is 8.48. The number of aryl methyl sites for hydroxylation is 1. The molecule has 0 aromatic heterocycles. The lowest BCUT2D eigenvalue weighted by Crippen LogP contribution is -2.46. The Kier molecular flexibility index (Phi) is 4.54. The standard InChI is InChI=1S/C20H25NO2S/c1-14(2)20-16(4)21(13-17-7-5-6-8-19(17)20)24(22,23)18-11-9-15(3)10-12-18/h5-12,14,16,20H,13H2,1-4H3/t16-,20-/m0/s1. The van der Waals surface area contributed by atoms with Crippen LogP contribution in [0, 0.1) is 12.8 Å². The van der Waals surface area contributed by atoms with Gasteiger partial charge < -0.3 is 0 Å². The highest BCUT2D eigenvalue weighted by atomic mass is 32.2. The van der Waals surface area contributed by atoms with Crippen LogP contribution in [-0.2, 0) is 16.6 Å². The number of nitrogens with zero attached hydrogens (tertiary/aromatic N) is 1. The van der Waals surface area contributed by atoms with Crippen LogP contribution < -0.4 is 0 Å². The Balaban J connectivity index is 2.07. The Hall–Kier alpha value is -1.65. The molecule has 2 aromatic carbocycles. The van der Waals surface area contributed by atoms with Crippen LogP contribution in [0.25, 0.3) is 0 Å². The molecule has 0 unspecified atom stereocenters. The van der Waals surface area contributed by atoms with Crippen LogP contribution in [0.2, 0.25) is 0 Å². The van der Waals surface area contributed by atoms with Crippen molar-refractivity contribution in [2.75, 3.05) is 0 Å². The number of hydrogen-bond donors (Lipinski definition) is 0.